The first kappa shape index (κ1) is 9.85. The molecule has 14 heavy (non-hydrogen) atoms. The van der Waals surface area contributed by atoms with E-state index in [2.05, 4.69) is 25.9 Å². The molecule has 1 fully saturated rings. The lowest BCUT2D eigenvalue weighted by molar-refractivity contribution is 0.599. The first-order valence-corrected chi connectivity index (χ1v) is 6.48. The summed E-state index contributed by atoms with van der Waals surface area (Å²) in [5.74, 6) is 0.593. The van der Waals surface area contributed by atoms with Gasteiger partial charge >= 0.3 is 0 Å². The molecular weight excluding hydrogens is 270 g/mol. The molecule has 1 aromatic heterocycles. The summed E-state index contributed by atoms with van der Waals surface area (Å²) in [6, 6.07) is 0. The molecule has 2 rings (SSSR count). The predicted molar refractivity (Wildman–Crippen MR) is 55.5 cm³/mol. The highest BCUT2D eigenvalue weighted by molar-refractivity contribution is 9.10. The van der Waals surface area contributed by atoms with Crippen LogP contribution in [0.4, 0.5) is 5.82 Å². The Morgan fingerprint density at radius 3 is 2.64 bits per heavy atom. The van der Waals surface area contributed by atoms with Crippen molar-refractivity contribution >= 4 is 31.8 Å². The van der Waals surface area contributed by atoms with Crippen LogP contribution in [0.15, 0.2) is 17.0 Å². The van der Waals surface area contributed by atoms with Gasteiger partial charge in [-0.25, -0.2) is 18.4 Å². The average molecular weight is 278 g/mol. The lowest BCUT2D eigenvalue weighted by atomic mass is 10.5. The maximum absolute atomic E-state index is 11.5. The monoisotopic (exact) mass is 277 g/mol. The van der Waals surface area contributed by atoms with Crippen LogP contribution >= 0.6 is 15.9 Å². The van der Waals surface area contributed by atoms with E-state index in [-0.39, 0.29) is 5.75 Å². The number of sulfonamides is 1. The van der Waals surface area contributed by atoms with E-state index in [1.165, 1.54) is 16.7 Å². The Hall–Kier alpha value is -0.690. The zero-order chi connectivity index (χ0) is 10.2. The molecule has 0 radical (unpaired) electrons. The number of nitrogens with zero attached hydrogens (tertiary/aromatic N) is 3. The molecule has 1 aliphatic rings. The molecule has 0 aliphatic carbocycles. The van der Waals surface area contributed by atoms with E-state index < -0.39 is 10.0 Å². The molecule has 0 atom stereocenters. The van der Waals surface area contributed by atoms with E-state index in [1.807, 2.05) is 0 Å². The third kappa shape index (κ3) is 1.74. The van der Waals surface area contributed by atoms with Crippen LogP contribution in [0.25, 0.3) is 0 Å². The smallest absolute Gasteiger partial charge is 0.236 e. The van der Waals surface area contributed by atoms with Crippen LogP contribution in [0.2, 0.25) is 0 Å². The van der Waals surface area contributed by atoms with Crippen LogP contribution in [-0.4, -0.2) is 30.7 Å². The van der Waals surface area contributed by atoms with Crippen molar-refractivity contribution in [2.24, 2.45) is 0 Å². The van der Waals surface area contributed by atoms with Gasteiger partial charge in [-0.15, -0.1) is 0 Å². The molecule has 0 saturated carbocycles. The van der Waals surface area contributed by atoms with Crippen molar-refractivity contribution in [1.82, 2.24) is 9.97 Å². The van der Waals surface area contributed by atoms with E-state index in [9.17, 15) is 8.42 Å². The van der Waals surface area contributed by atoms with Crippen molar-refractivity contribution in [3.05, 3.63) is 17.0 Å². The molecule has 0 unspecified atom stereocenters. The summed E-state index contributed by atoms with van der Waals surface area (Å²) in [6.07, 6.45) is 3.59. The van der Waals surface area contributed by atoms with Crippen molar-refractivity contribution in [2.45, 2.75) is 6.42 Å². The van der Waals surface area contributed by atoms with Gasteiger partial charge in [-0.1, -0.05) is 0 Å². The normalized spacial score (nSPS) is 19.9. The molecule has 0 amide bonds. The number of anilines is 1. The van der Waals surface area contributed by atoms with Crippen LogP contribution in [0.5, 0.6) is 0 Å². The fourth-order valence-electron chi connectivity index (χ4n) is 1.33. The number of hydrogen-bond donors (Lipinski definition) is 0. The number of aromatic nitrogens is 2. The molecule has 0 bridgehead atoms. The van der Waals surface area contributed by atoms with Crippen molar-refractivity contribution in [1.29, 1.82) is 0 Å². The standard InChI is InChI=1S/C7H8BrN3O2S/c8-6-4-10-7(5-9-6)11-2-1-3-14(11,12)13/h4-5H,1-3H2. The summed E-state index contributed by atoms with van der Waals surface area (Å²) in [4.78, 5) is 7.93. The highest BCUT2D eigenvalue weighted by Crippen LogP contribution is 2.21. The van der Waals surface area contributed by atoms with Crippen LogP contribution in [-0.2, 0) is 10.0 Å². The Kier molecular flexibility index (Phi) is 2.44. The Bertz CT molecular complexity index is 431. The summed E-state index contributed by atoms with van der Waals surface area (Å²) in [7, 11) is -3.14. The van der Waals surface area contributed by atoms with Crippen LogP contribution < -0.4 is 4.31 Å². The second kappa shape index (κ2) is 3.47. The summed E-state index contributed by atoms with van der Waals surface area (Å²) in [5.41, 5.74) is 0. The molecular formula is C7H8BrN3O2S. The van der Waals surface area contributed by atoms with Gasteiger partial charge in [0.2, 0.25) is 10.0 Å². The molecule has 1 aromatic rings. The van der Waals surface area contributed by atoms with E-state index in [0.717, 1.165) is 0 Å². The van der Waals surface area contributed by atoms with Gasteiger partial charge in [-0.05, 0) is 22.4 Å². The third-order valence-corrected chi connectivity index (χ3v) is 4.22. The minimum Gasteiger partial charge on any atom is -0.252 e. The topological polar surface area (TPSA) is 63.2 Å². The van der Waals surface area contributed by atoms with Gasteiger partial charge in [-0.3, -0.25) is 4.31 Å². The van der Waals surface area contributed by atoms with Crippen molar-refractivity contribution in [2.75, 3.05) is 16.6 Å². The molecule has 0 N–H and O–H groups in total. The summed E-state index contributed by atoms with van der Waals surface area (Å²) in [6.45, 7) is 0.499. The van der Waals surface area contributed by atoms with Crippen LogP contribution in [0.3, 0.4) is 0 Å². The Morgan fingerprint density at radius 2 is 2.14 bits per heavy atom. The Morgan fingerprint density at radius 1 is 1.36 bits per heavy atom. The largest absolute Gasteiger partial charge is 0.252 e. The van der Waals surface area contributed by atoms with E-state index in [0.29, 0.717) is 23.4 Å². The van der Waals surface area contributed by atoms with Crippen molar-refractivity contribution in [3.8, 4) is 0 Å². The van der Waals surface area contributed by atoms with Gasteiger partial charge in [0.05, 0.1) is 18.1 Å². The Labute approximate surface area is 90.3 Å². The average Bonchev–Trinajstić information content (AvgIpc) is 2.47. The highest BCUT2D eigenvalue weighted by Gasteiger charge is 2.29. The zero-order valence-corrected chi connectivity index (χ0v) is 9.62. The SMILES string of the molecule is O=S1(=O)CCCN1c1cnc(Br)cn1. The molecule has 0 aromatic carbocycles. The third-order valence-electron chi connectivity index (χ3n) is 1.96. The van der Waals surface area contributed by atoms with Crippen molar-refractivity contribution < 1.29 is 8.42 Å². The minimum absolute atomic E-state index is 0.199. The van der Waals surface area contributed by atoms with Crippen molar-refractivity contribution in [3.63, 3.8) is 0 Å². The maximum atomic E-state index is 11.5. The summed E-state index contributed by atoms with van der Waals surface area (Å²) in [5, 5.41) is 0. The van der Waals surface area contributed by atoms with E-state index in [1.54, 1.807) is 0 Å². The molecule has 1 saturated heterocycles. The summed E-state index contributed by atoms with van der Waals surface area (Å²) < 4.78 is 24.9. The summed E-state index contributed by atoms with van der Waals surface area (Å²) >= 11 is 3.14. The lowest BCUT2D eigenvalue weighted by Crippen LogP contribution is -2.26. The van der Waals surface area contributed by atoms with Gasteiger partial charge in [0.1, 0.15) is 4.60 Å². The lowest BCUT2D eigenvalue weighted by Gasteiger charge is -2.14. The first-order chi connectivity index (χ1) is 6.59. The number of halogens is 1. The Balaban J connectivity index is 2.36. The maximum Gasteiger partial charge on any atom is 0.236 e. The number of rotatable bonds is 1. The molecule has 7 heteroatoms. The van der Waals surface area contributed by atoms with Crippen LogP contribution in [0, 0.1) is 0 Å². The predicted octanol–water partition coefficient (Wildman–Crippen LogP) is 0.779. The quantitative estimate of drug-likeness (QED) is 0.761. The van der Waals surface area contributed by atoms with E-state index >= 15 is 0 Å². The van der Waals surface area contributed by atoms with Gasteiger partial charge in [0.25, 0.3) is 0 Å². The first-order valence-electron chi connectivity index (χ1n) is 4.07. The highest BCUT2D eigenvalue weighted by atomic mass is 79.9. The van der Waals surface area contributed by atoms with Gasteiger partial charge in [-0.2, -0.15) is 0 Å². The molecule has 1 aliphatic heterocycles. The van der Waals surface area contributed by atoms with Gasteiger partial charge in [0.15, 0.2) is 5.82 Å². The molecule has 2 heterocycles. The number of hydrogen-bond acceptors (Lipinski definition) is 4. The van der Waals surface area contributed by atoms with Gasteiger partial charge in [0, 0.05) is 6.54 Å². The fraction of sp³-hybridized carbons (Fsp3) is 0.429. The van der Waals surface area contributed by atoms with Crippen LogP contribution in [0.1, 0.15) is 6.42 Å². The molecule has 76 valence electrons. The van der Waals surface area contributed by atoms with E-state index in [4.69, 9.17) is 0 Å². The minimum atomic E-state index is -3.14. The fourth-order valence-corrected chi connectivity index (χ4v) is 3.04. The molecule has 0 spiro atoms. The van der Waals surface area contributed by atoms with Gasteiger partial charge < -0.3 is 0 Å². The zero-order valence-electron chi connectivity index (χ0n) is 7.22. The second-order valence-electron chi connectivity index (χ2n) is 2.94. The molecule has 5 nitrogen and oxygen atoms in total. The second-order valence-corrected chi connectivity index (χ2v) is 5.76.